The average molecular weight is 371 g/mol. The van der Waals surface area contributed by atoms with Crippen LogP contribution in [0.2, 0.25) is 0 Å². The third-order valence-electron chi connectivity index (χ3n) is 5.10. The van der Waals surface area contributed by atoms with Crippen molar-refractivity contribution in [3.63, 3.8) is 0 Å². The summed E-state index contributed by atoms with van der Waals surface area (Å²) in [6.45, 7) is 5.54. The molecular weight excluding hydrogens is 346 g/mol. The molecule has 2 N–H and O–H groups in total. The van der Waals surface area contributed by atoms with E-state index in [0.29, 0.717) is 37.9 Å². The van der Waals surface area contributed by atoms with Crippen molar-refractivity contribution in [1.29, 1.82) is 0 Å². The molecule has 1 aromatic carbocycles. The highest BCUT2D eigenvalue weighted by Crippen LogP contribution is 2.30. The summed E-state index contributed by atoms with van der Waals surface area (Å²) >= 11 is 0. The summed E-state index contributed by atoms with van der Waals surface area (Å²) in [6.07, 6.45) is 2.73. The molecule has 0 spiro atoms. The molecule has 1 saturated heterocycles. The van der Waals surface area contributed by atoms with Crippen molar-refractivity contribution in [3.05, 3.63) is 35.2 Å². The zero-order valence-electron chi connectivity index (χ0n) is 15.5. The van der Waals surface area contributed by atoms with Crippen molar-refractivity contribution in [3.8, 4) is 11.5 Å². The van der Waals surface area contributed by atoms with Crippen molar-refractivity contribution in [1.82, 2.24) is 25.6 Å². The van der Waals surface area contributed by atoms with Gasteiger partial charge < -0.3 is 20.1 Å². The monoisotopic (exact) mass is 371 g/mol. The summed E-state index contributed by atoms with van der Waals surface area (Å²) in [6, 6.07) is 6.20. The van der Waals surface area contributed by atoms with E-state index in [1.807, 2.05) is 29.8 Å². The maximum Gasteiger partial charge on any atom is 0.273 e. The lowest BCUT2D eigenvalue weighted by Crippen LogP contribution is -2.30. The number of rotatable bonds is 5. The van der Waals surface area contributed by atoms with Crippen molar-refractivity contribution >= 4 is 5.91 Å². The van der Waals surface area contributed by atoms with E-state index in [0.717, 1.165) is 48.7 Å². The number of aromatic nitrogens is 3. The molecule has 144 valence electrons. The summed E-state index contributed by atoms with van der Waals surface area (Å²) in [4.78, 5) is 12.5. The number of hydrogen-bond acceptors (Lipinski definition) is 6. The molecule has 2 aliphatic rings. The zero-order valence-corrected chi connectivity index (χ0v) is 15.5. The molecule has 0 unspecified atom stereocenters. The van der Waals surface area contributed by atoms with E-state index < -0.39 is 0 Å². The van der Waals surface area contributed by atoms with E-state index in [2.05, 4.69) is 20.9 Å². The van der Waals surface area contributed by atoms with Gasteiger partial charge in [0.15, 0.2) is 17.2 Å². The zero-order chi connectivity index (χ0) is 18.6. The number of amides is 1. The summed E-state index contributed by atoms with van der Waals surface area (Å²) < 4.78 is 13.0. The van der Waals surface area contributed by atoms with Gasteiger partial charge in [0.05, 0.1) is 11.7 Å². The van der Waals surface area contributed by atoms with Crippen LogP contribution in [0, 0.1) is 6.92 Å². The van der Waals surface area contributed by atoms with E-state index in [1.165, 1.54) is 0 Å². The van der Waals surface area contributed by atoms with Crippen LogP contribution in [-0.4, -0.2) is 53.7 Å². The molecule has 2 aliphatic heterocycles. The molecule has 1 aromatic heterocycles. The highest BCUT2D eigenvalue weighted by molar-refractivity contribution is 5.93. The Bertz CT molecular complexity index is 814. The van der Waals surface area contributed by atoms with Crippen LogP contribution in [0.4, 0.5) is 0 Å². The van der Waals surface area contributed by atoms with Crippen LogP contribution in [0.25, 0.3) is 0 Å². The number of hydrogen-bond donors (Lipinski definition) is 2. The molecule has 4 rings (SSSR count). The Labute approximate surface area is 158 Å². The Kier molecular flexibility index (Phi) is 5.24. The number of benzene rings is 1. The molecule has 1 fully saturated rings. The molecule has 0 saturated carbocycles. The predicted molar refractivity (Wildman–Crippen MR) is 99.4 cm³/mol. The molecule has 2 aromatic rings. The van der Waals surface area contributed by atoms with Gasteiger partial charge in [0, 0.05) is 6.54 Å². The number of piperidine rings is 1. The van der Waals surface area contributed by atoms with E-state index in [1.54, 1.807) is 0 Å². The maximum atomic E-state index is 12.5. The number of fused-ring (bicyclic) bond motifs is 1. The van der Waals surface area contributed by atoms with Crippen molar-refractivity contribution < 1.29 is 14.3 Å². The summed E-state index contributed by atoms with van der Waals surface area (Å²) in [5.41, 5.74) is 2.34. The number of nitrogens with zero attached hydrogens (tertiary/aromatic N) is 3. The quantitative estimate of drug-likeness (QED) is 0.822. The first-order chi connectivity index (χ1) is 13.2. The molecule has 3 heterocycles. The molecule has 8 heteroatoms. The first kappa shape index (κ1) is 17.8. The molecule has 0 aliphatic carbocycles. The SMILES string of the molecule is Cc1c(C(=O)NCCc2ccc3c(c2)OCCO3)nnn1C1CCNCC1. The van der Waals surface area contributed by atoms with Crippen LogP contribution >= 0.6 is 0 Å². The average Bonchev–Trinajstić information content (AvgIpc) is 3.10. The Morgan fingerprint density at radius 3 is 2.85 bits per heavy atom. The fraction of sp³-hybridized carbons (Fsp3) is 0.526. The van der Waals surface area contributed by atoms with Crippen LogP contribution in [0.3, 0.4) is 0 Å². The van der Waals surface area contributed by atoms with Gasteiger partial charge >= 0.3 is 0 Å². The number of nitrogens with one attached hydrogen (secondary N) is 2. The molecule has 0 radical (unpaired) electrons. The van der Waals surface area contributed by atoms with Crippen molar-refractivity contribution in [2.24, 2.45) is 0 Å². The molecule has 8 nitrogen and oxygen atoms in total. The minimum absolute atomic E-state index is 0.176. The summed E-state index contributed by atoms with van der Waals surface area (Å²) in [5, 5.41) is 14.6. The van der Waals surface area contributed by atoms with Gasteiger partial charge in [-0.2, -0.15) is 0 Å². The van der Waals surface area contributed by atoms with Crippen LogP contribution < -0.4 is 20.1 Å². The van der Waals surface area contributed by atoms with Gasteiger partial charge in [0.25, 0.3) is 5.91 Å². The first-order valence-electron chi connectivity index (χ1n) is 9.51. The lowest BCUT2D eigenvalue weighted by atomic mass is 10.1. The molecule has 0 atom stereocenters. The van der Waals surface area contributed by atoms with E-state index in [-0.39, 0.29) is 5.91 Å². The lowest BCUT2D eigenvalue weighted by molar-refractivity contribution is 0.0948. The predicted octanol–water partition coefficient (Wildman–Crippen LogP) is 1.25. The van der Waals surface area contributed by atoms with Gasteiger partial charge in [-0.05, 0) is 57.0 Å². The van der Waals surface area contributed by atoms with Crippen LogP contribution in [0.1, 0.15) is 40.6 Å². The van der Waals surface area contributed by atoms with Crippen LogP contribution in [0.15, 0.2) is 18.2 Å². The molecule has 0 bridgehead atoms. The maximum absolute atomic E-state index is 12.5. The second-order valence-electron chi connectivity index (χ2n) is 6.93. The second kappa shape index (κ2) is 7.96. The minimum atomic E-state index is -0.176. The van der Waals surface area contributed by atoms with Gasteiger partial charge in [-0.15, -0.1) is 5.10 Å². The van der Waals surface area contributed by atoms with Crippen molar-refractivity contribution in [2.75, 3.05) is 32.8 Å². The fourth-order valence-electron chi connectivity index (χ4n) is 3.60. The van der Waals surface area contributed by atoms with Crippen LogP contribution in [-0.2, 0) is 6.42 Å². The largest absolute Gasteiger partial charge is 0.486 e. The van der Waals surface area contributed by atoms with Gasteiger partial charge in [-0.1, -0.05) is 11.3 Å². The smallest absolute Gasteiger partial charge is 0.273 e. The Balaban J connectivity index is 1.34. The highest BCUT2D eigenvalue weighted by atomic mass is 16.6. The van der Waals surface area contributed by atoms with E-state index in [4.69, 9.17) is 9.47 Å². The Morgan fingerprint density at radius 2 is 2.04 bits per heavy atom. The van der Waals surface area contributed by atoms with Gasteiger partial charge in [0.2, 0.25) is 0 Å². The van der Waals surface area contributed by atoms with Gasteiger partial charge in [-0.3, -0.25) is 4.79 Å². The topological polar surface area (TPSA) is 90.3 Å². The van der Waals surface area contributed by atoms with Crippen molar-refractivity contribution in [2.45, 2.75) is 32.2 Å². The van der Waals surface area contributed by atoms with Gasteiger partial charge in [0.1, 0.15) is 13.2 Å². The summed E-state index contributed by atoms with van der Waals surface area (Å²) in [7, 11) is 0. The Hall–Kier alpha value is -2.61. The van der Waals surface area contributed by atoms with Gasteiger partial charge in [-0.25, -0.2) is 4.68 Å². The van der Waals surface area contributed by atoms with Crippen LogP contribution in [0.5, 0.6) is 11.5 Å². The number of carbonyl (C=O) groups excluding carboxylic acids is 1. The molecule has 27 heavy (non-hydrogen) atoms. The summed E-state index contributed by atoms with van der Waals surface area (Å²) in [5.74, 6) is 1.37. The first-order valence-corrected chi connectivity index (χ1v) is 9.51. The normalized spacial score (nSPS) is 16.9. The highest BCUT2D eigenvalue weighted by Gasteiger charge is 2.22. The molecular formula is C19H25N5O3. The molecule has 1 amide bonds. The lowest BCUT2D eigenvalue weighted by Gasteiger charge is -2.23. The second-order valence-corrected chi connectivity index (χ2v) is 6.93. The van der Waals surface area contributed by atoms with E-state index >= 15 is 0 Å². The third-order valence-corrected chi connectivity index (χ3v) is 5.10. The Morgan fingerprint density at radius 1 is 1.26 bits per heavy atom. The fourth-order valence-corrected chi connectivity index (χ4v) is 3.60. The minimum Gasteiger partial charge on any atom is -0.486 e. The number of ether oxygens (including phenoxy) is 2. The van der Waals surface area contributed by atoms with E-state index in [9.17, 15) is 4.79 Å². The standard InChI is InChI=1S/C19H25N5O3/c1-13-18(22-23-24(13)15-5-7-20-8-6-15)19(25)21-9-4-14-2-3-16-17(12-14)27-11-10-26-16/h2-3,12,15,20H,4-11H2,1H3,(H,21,25). The number of carbonyl (C=O) groups is 1. The third kappa shape index (κ3) is 3.90.